The first-order valence-corrected chi connectivity index (χ1v) is 9.38. The highest BCUT2D eigenvalue weighted by molar-refractivity contribution is 6.30. The lowest BCUT2D eigenvalue weighted by Gasteiger charge is -2.19. The fourth-order valence-corrected chi connectivity index (χ4v) is 3.96. The first-order valence-electron chi connectivity index (χ1n) is 9.00. The maximum absolute atomic E-state index is 12.6. The van der Waals surface area contributed by atoms with Gasteiger partial charge in [-0.15, -0.1) is 0 Å². The molecule has 2 atom stereocenters. The number of halogens is 1. The number of rotatable bonds is 3. The first-order chi connectivity index (χ1) is 13.0. The van der Waals surface area contributed by atoms with E-state index in [0.717, 1.165) is 25.7 Å². The average molecular weight is 384 g/mol. The van der Waals surface area contributed by atoms with Crippen molar-refractivity contribution in [2.45, 2.75) is 25.7 Å². The predicted octanol–water partition coefficient (Wildman–Crippen LogP) is 4.24. The Bertz CT molecular complexity index is 867. The van der Waals surface area contributed by atoms with Crippen LogP contribution in [0.25, 0.3) is 0 Å². The van der Waals surface area contributed by atoms with Crippen LogP contribution in [0.1, 0.15) is 36.0 Å². The first kappa shape index (κ1) is 17.7. The molecule has 2 fully saturated rings. The van der Waals surface area contributed by atoms with E-state index in [-0.39, 0.29) is 23.7 Å². The molecule has 0 spiro atoms. The van der Waals surface area contributed by atoms with Gasteiger partial charge in [-0.3, -0.25) is 14.5 Å². The maximum Gasteiger partial charge on any atom is 0.343 e. The molecule has 0 unspecified atom stereocenters. The monoisotopic (exact) mass is 383 g/mol. The van der Waals surface area contributed by atoms with Crippen LogP contribution in [0.3, 0.4) is 0 Å². The van der Waals surface area contributed by atoms with Gasteiger partial charge in [0.15, 0.2) is 0 Å². The van der Waals surface area contributed by atoms with Crippen LogP contribution in [-0.4, -0.2) is 17.8 Å². The zero-order chi connectivity index (χ0) is 19.0. The van der Waals surface area contributed by atoms with Gasteiger partial charge in [0.25, 0.3) is 0 Å². The number of carbonyl (C=O) groups is 3. The van der Waals surface area contributed by atoms with E-state index in [1.807, 2.05) is 0 Å². The van der Waals surface area contributed by atoms with Crippen LogP contribution < -0.4 is 9.64 Å². The normalized spacial score (nSPS) is 21.9. The number of anilines is 1. The number of hydrogen-bond acceptors (Lipinski definition) is 4. The molecule has 2 aliphatic rings. The van der Waals surface area contributed by atoms with Crippen molar-refractivity contribution in [3.05, 3.63) is 59.1 Å². The van der Waals surface area contributed by atoms with Crippen molar-refractivity contribution >= 4 is 35.1 Å². The third-order valence-corrected chi connectivity index (χ3v) is 5.48. The Morgan fingerprint density at radius 2 is 1.44 bits per heavy atom. The molecule has 138 valence electrons. The second-order valence-electron chi connectivity index (χ2n) is 6.90. The van der Waals surface area contributed by atoms with Gasteiger partial charge in [0.1, 0.15) is 5.75 Å². The number of esters is 1. The van der Waals surface area contributed by atoms with E-state index >= 15 is 0 Å². The van der Waals surface area contributed by atoms with Crippen LogP contribution in [0.4, 0.5) is 5.69 Å². The SMILES string of the molecule is O=C(Oc1ccc(Cl)cc1)c1ccc(N2C(=O)[C@@H]3CCCC[C@H]3C2=O)cc1. The molecule has 6 heteroatoms. The molecule has 0 aromatic heterocycles. The lowest BCUT2D eigenvalue weighted by molar-refractivity contribution is -0.122. The molecule has 27 heavy (non-hydrogen) atoms. The highest BCUT2D eigenvalue weighted by Crippen LogP contribution is 2.40. The van der Waals surface area contributed by atoms with Gasteiger partial charge in [0, 0.05) is 5.02 Å². The number of nitrogens with zero attached hydrogens (tertiary/aromatic N) is 1. The summed E-state index contributed by atoms with van der Waals surface area (Å²) in [5.74, 6) is -0.761. The van der Waals surface area contributed by atoms with Crippen molar-refractivity contribution in [2.75, 3.05) is 4.90 Å². The Morgan fingerprint density at radius 3 is 2.00 bits per heavy atom. The zero-order valence-corrected chi connectivity index (χ0v) is 15.3. The summed E-state index contributed by atoms with van der Waals surface area (Å²) in [7, 11) is 0. The Kier molecular flexibility index (Phi) is 4.70. The van der Waals surface area contributed by atoms with Crippen molar-refractivity contribution in [2.24, 2.45) is 11.8 Å². The van der Waals surface area contributed by atoms with Crippen LogP contribution >= 0.6 is 11.6 Å². The van der Waals surface area contributed by atoms with Gasteiger partial charge in [0.05, 0.1) is 23.1 Å². The minimum atomic E-state index is -0.517. The van der Waals surface area contributed by atoms with Gasteiger partial charge >= 0.3 is 5.97 Å². The lowest BCUT2D eigenvalue weighted by Crippen LogP contribution is -2.30. The molecule has 1 heterocycles. The molecule has 0 radical (unpaired) electrons. The van der Waals surface area contributed by atoms with Crippen LogP contribution in [0.15, 0.2) is 48.5 Å². The Hall–Kier alpha value is -2.66. The molecule has 2 aromatic rings. The summed E-state index contributed by atoms with van der Waals surface area (Å²) in [5.41, 5.74) is 0.840. The van der Waals surface area contributed by atoms with Crippen LogP contribution in [0.5, 0.6) is 5.75 Å². The summed E-state index contributed by atoms with van der Waals surface area (Å²) in [6.45, 7) is 0. The largest absolute Gasteiger partial charge is 0.423 e. The smallest absolute Gasteiger partial charge is 0.343 e. The van der Waals surface area contributed by atoms with Crippen molar-refractivity contribution in [3.8, 4) is 5.75 Å². The topological polar surface area (TPSA) is 63.7 Å². The molecule has 5 nitrogen and oxygen atoms in total. The quantitative estimate of drug-likeness (QED) is 0.452. The van der Waals surface area contributed by atoms with Crippen LogP contribution in [0, 0.1) is 11.8 Å². The number of imide groups is 1. The predicted molar refractivity (Wildman–Crippen MR) is 101 cm³/mol. The Labute approximate surface area is 161 Å². The molecule has 4 rings (SSSR count). The van der Waals surface area contributed by atoms with E-state index in [1.54, 1.807) is 48.5 Å². The van der Waals surface area contributed by atoms with Crippen LogP contribution in [-0.2, 0) is 9.59 Å². The number of benzene rings is 2. The third kappa shape index (κ3) is 3.35. The molecule has 1 saturated carbocycles. The number of amides is 2. The van der Waals surface area contributed by atoms with Gasteiger partial charge in [0.2, 0.25) is 11.8 Å². The summed E-state index contributed by atoms with van der Waals surface area (Å²) >= 11 is 5.81. The summed E-state index contributed by atoms with van der Waals surface area (Å²) in [6.07, 6.45) is 3.53. The molecular weight excluding hydrogens is 366 g/mol. The number of hydrogen-bond donors (Lipinski definition) is 0. The maximum atomic E-state index is 12.6. The second-order valence-corrected chi connectivity index (χ2v) is 7.34. The molecule has 1 aliphatic heterocycles. The van der Waals surface area contributed by atoms with Crippen molar-refractivity contribution in [1.82, 2.24) is 0 Å². The molecule has 0 bridgehead atoms. The summed E-state index contributed by atoms with van der Waals surface area (Å²) in [5, 5.41) is 0.555. The fourth-order valence-electron chi connectivity index (χ4n) is 3.83. The highest BCUT2D eigenvalue weighted by Gasteiger charge is 2.48. The number of ether oxygens (including phenoxy) is 1. The fraction of sp³-hybridized carbons (Fsp3) is 0.286. The Morgan fingerprint density at radius 1 is 0.889 bits per heavy atom. The van der Waals surface area contributed by atoms with Gasteiger partial charge in [-0.1, -0.05) is 24.4 Å². The molecular formula is C21H18ClNO4. The van der Waals surface area contributed by atoms with Gasteiger partial charge in [-0.2, -0.15) is 0 Å². The van der Waals surface area contributed by atoms with Gasteiger partial charge in [-0.05, 0) is 61.4 Å². The minimum absolute atomic E-state index is 0.124. The van der Waals surface area contributed by atoms with Crippen molar-refractivity contribution in [3.63, 3.8) is 0 Å². The summed E-state index contributed by atoms with van der Waals surface area (Å²) in [6, 6.07) is 12.9. The van der Waals surface area contributed by atoms with E-state index in [0.29, 0.717) is 22.0 Å². The van der Waals surface area contributed by atoms with E-state index < -0.39 is 5.97 Å². The third-order valence-electron chi connectivity index (χ3n) is 5.23. The molecule has 0 N–H and O–H groups in total. The molecule has 1 saturated heterocycles. The number of fused-ring (bicyclic) bond motifs is 1. The second kappa shape index (κ2) is 7.16. The summed E-state index contributed by atoms with van der Waals surface area (Å²) < 4.78 is 5.30. The highest BCUT2D eigenvalue weighted by atomic mass is 35.5. The van der Waals surface area contributed by atoms with E-state index in [1.165, 1.54) is 4.90 Å². The van der Waals surface area contributed by atoms with E-state index in [2.05, 4.69) is 0 Å². The standard InChI is InChI=1S/C21H18ClNO4/c22-14-7-11-16(12-8-14)27-21(26)13-5-9-15(10-6-13)23-19(24)17-3-1-2-4-18(17)20(23)25/h5-12,17-18H,1-4H2/t17-,18-/m1/s1. The lowest BCUT2D eigenvalue weighted by atomic mass is 9.81. The zero-order valence-electron chi connectivity index (χ0n) is 14.6. The van der Waals surface area contributed by atoms with Gasteiger partial charge in [-0.25, -0.2) is 4.79 Å². The van der Waals surface area contributed by atoms with Gasteiger partial charge < -0.3 is 4.74 Å². The Balaban J connectivity index is 1.50. The average Bonchev–Trinajstić information content (AvgIpc) is 2.95. The van der Waals surface area contributed by atoms with Crippen molar-refractivity contribution in [1.29, 1.82) is 0 Å². The minimum Gasteiger partial charge on any atom is -0.423 e. The van der Waals surface area contributed by atoms with Crippen LogP contribution in [0.2, 0.25) is 5.02 Å². The van der Waals surface area contributed by atoms with Crippen molar-refractivity contribution < 1.29 is 19.1 Å². The number of carbonyl (C=O) groups excluding carboxylic acids is 3. The molecule has 2 amide bonds. The molecule has 2 aromatic carbocycles. The molecule has 1 aliphatic carbocycles. The van der Waals surface area contributed by atoms with E-state index in [4.69, 9.17) is 16.3 Å². The summed E-state index contributed by atoms with van der Waals surface area (Å²) in [4.78, 5) is 38.8. The van der Waals surface area contributed by atoms with E-state index in [9.17, 15) is 14.4 Å².